The van der Waals surface area contributed by atoms with E-state index in [2.05, 4.69) is 21.8 Å². The average molecular weight is 212 g/mol. The minimum atomic E-state index is 0.677. The first-order chi connectivity index (χ1) is 6.83. The number of aromatic nitrogens is 3. The third kappa shape index (κ3) is 2.09. The molecule has 1 saturated carbocycles. The highest BCUT2D eigenvalue weighted by molar-refractivity contribution is 7.99. The third-order valence-electron chi connectivity index (χ3n) is 2.39. The molecule has 0 saturated heterocycles. The molecule has 1 heterocycles. The molecule has 1 fully saturated rings. The Bertz CT molecular complexity index is 306. The fourth-order valence-electron chi connectivity index (χ4n) is 1.40. The SMILES string of the molecule is Cn1c(SCCCN)nnc1C1CC1. The minimum Gasteiger partial charge on any atom is -0.330 e. The lowest BCUT2D eigenvalue weighted by atomic mass is 10.4. The lowest BCUT2D eigenvalue weighted by molar-refractivity contribution is 0.736. The first-order valence-electron chi connectivity index (χ1n) is 5.05. The van der Waals surface area contributed by atoms with E-state index in [9.17, 15) is 0 Å². The topological polar surface area (TPSA) is 56.7 Å². The zero-order valence-corrected chi connectivity index (χ0v) is 9.26. The van der Waals surface area contributed by atoms with Crippen LogP contribution >= 0.6 is 11.8 Å². The van der Waals surface area contributed by atoms with Gasteiger partial charge in [-0.1, -0.05) is 11.8 Å². The van der Waals surface area contributed by atoms with E-state index in [1.54, 1.807) is 11.8 Å². The molecule has 0 amide bonds. The van der Waals surface area contributed by atoms with E-state index in [1.807, 2.05) is 0 Å². The molecule has 4 nitrogen and oxygen atoms in total. The molecule has 0 unspecified atom stereocenters. The quantitative estimate of drug-likeness (QED) is 0.587. The molecule has 2 N–H and O–H groups in total. The molecule has 0 spiro atoms. The smallest absolute Gasteiger partial charge is 0.190 e. The Morgan fingerprint density at radius 2 is 2.29 bits per heavy atom. The van der Waals surface area contributed by atoms with Gasteiger partial charge in [0, 0.05) is 18.7 Å². The van der Waals surface area contributed by atoms with E-state index in [0.29, 0.717) is 5.92 Å². The second-order valence-corrected chi connectivity index (χ2v) is 4.73. The summed E-state index contributed by atoms with van der Waals surface area (Å²) in [6.07, 6.45) is 3.59. The Hall–Kier alpha value is -0.550. The average Bonchev–Trinajstić information content (AvgIpc) is 2.95. The van der Waals surface area contributed by atoms with Crippen molar-refractivity contribution in [3.05, 3.63) is 5.82 Å². The van der Waals surface area contributed by atoms with Gasteiger partial charge in [0.05, 0.1) is 0 Å². The molecule has 14 heavy (non-hydrogen) atoms. The third-order valence-corrected chi connectivity index (χ3v) is 3.50. The standard InChI is InChI=1S/C9H16N4S/c1-13-8(7-3-4-7)11-12-9(13)14-6-2-5-10/h7H,2-6,10H2,1H3. The van der Waals surface area contributed by atoms with Crippen molar-refractivity contribution in [2.24, 2.45) is 12.8 Å². The van der Waals surface area contributed by atoms with Gasteiger partial charge < -0.3 is 10.3 Å². The summed E-state index contributed by atoms with van der Waals surface area (Å²) in [7, 11) is 2.05. The molecule has 0 bridgehead atoms. The molecule has 0 aliphatic heterocycles. The van der Waals surface area contributed by atoms with E-state index in [4.69, 9.17) is 5.73 Å². The molecule has 78 valence electrons. The van der Waals surface area contributed by atoms with Gasteiger partial charge in [-0.25, -0.2) is 0 Å². The summed E-state index contributed by atoms with van der Waals surface area (Å²) in [5.74, 6) is 2.87. The molecule has 1 aliphatic carbocycles. The number of hydrogen-bond donors (Lipinski definition) is 1. The number of hydrogen-bond acceptors (Lipinski definition) is 4. The molecule has 0 radical (unpaired) electrons. The van der Waals surface area contributed by atoms with Gasteiger partial charge >= 0.3 is 0 Å². The zero-order chi connectivity index (χ0) is 9.97. The van der Waals surface area contributed by atoms with Gasteiger partial charge in [0.15, 0.2) is 5.16 Å². The molecular formula is C9H16N4S. The van der Waals surface area contributed by atoms with Crippen LogP contribution in [0.1, 0.15) is 31.0 Å². The van der Waals surface area contributed by atoms with E-state index in [1.165, 1.54) is 12.8 Å². The minimum absolute atomic E-state index is 0.677. The molecule has 1 aliphatic rings. The predicted octanol–water partition coefficient (Wildman–Crippen LogP) is 1.13. The van der Waals surface area contributed by atoms with Gasteiger partial charge in [-0.15, -0.1) is 10.2 Å². The monoisotopic (exact) mass is 212 g/mol. The molecular weight excluding hydrogens is 196 g/mol. The summed E-state index contributed by atoms with van der Waals surface area (Å²) in [6, 6.07) is 0. The number of thioether (sulfide) groups is 1. The summed E-state index contributed by atoms with van der Waals surface area (Å²) in [5, 5.41) is 9.43. The van der Waals surface area contributed by atoms with Crippen LogP contribution in [0.5, 0.6) is 0 Å². The summed E-state index contributed by atoms with van der Waals surface area (Å²) >= 11 is 1.75. The Kier molecular flexibility index (Phi) is 3.08. The highest BCUT2D eigenvalue weighted by Gasteiger charge is 2.29. The highest BCUT2D eigenvalue weighted by atomic mass is 32.2. The second-order valence-electron chi connectivity index (χ2n) is 3.66. The zero-order valence-electron chi connectivity index (χ0n) is 8.44. The fraction of sp³-hybridized carbons (Fsp3) is 0.778. The molecule has 1 aromatic rings. The van der Waals surface area contributed by atoms with E-state index < -0.39 is 0 Å². The maximum atomic E-state index is 5.44. The molecule has 5 heteroatoms. The summed E-state index contributed by atoms with van der Waals surface area (Å²) in [6.45, 7) is 0.750. The van der Waals surface area contributed by atoms with Crippen molar-refractivity contribution < 1.29 is 0 Å². The van der Waals surface area contributed by atoms with Crippen LogP contribution in [-0.2, 0) is 7.05 Å². The van der Waals surface area contributed by atoms with Crippen LogP contribution in [0.3, 0.4) is 0 Å². The van der Waals surface area contributed by atoms with Crippen molar-refractivity contribution in [2.45, 2.75) is 30.3 Å². The van der Waals surface area contributed by atoms with Crippen LogP contribution in [0.2, 0.25) is 0 Å². The molecule has 1 aromatic heterocycles. The Morgan fingerprint density at radius 1 is 1.50 bits per heavy atom. The van der Waals surface area contributed by atoms with Gasteiger partial charge in [-0.05, 0) is 25.8 Å². The van der Waals surface area contributed by atoms with E-state index >= 15 is 0 Å². The molecule has 2 rings (SSSR count). The molecule has 0 aromatic carbocycles. The van der Waals surface area contributed by atoms with Crippen molar-refractivity contribution in [1.29, 1.82) is 0 Å². The van der Waals surface area contributed by atoms with Crippen molar-refractivity contribution in [1.82, 2.24) is 14.8 Å². The highest BCUT2D eigenvalue weighted by Crippen LogP contribution is 2.39. The summed E-state index contributed by atoms with van der Waals surface area (Å²) in [4.78, 5) is 0. The number of nitrogens with two attached hydrogens (primary N) is 1. The molecule has 0 atom stereocenters. The van der Waals surface area contributed by atoms with Crippen LogP contribution in [0.25, 0.3) is 0 Å². The lowest BCUT2D eigenvalue weighted by Crippen LogP contribution is -2.01. The van der Waals surface area contributed by atoms with Gasteiger partial charge in [-0.3, -0.25) is 0 Å². The van der Waals surface area contributed by atoms with Gasteiger partial charge in [0.1, 0.15) is 5.82 Å². The largest absolute Gasteiger partial charge is 0.330 e. The Labute approximate surface area is 88.3 Å². The first kappa shape index (κ1) is 9.98. The maximum Gasteiger partial charge on any atom is 0.190 e. The lowest BCUT2D eigenvalue weighted by Gasteiger charge is -2.01. The van der Waals surface area contributed by atoms with Crippen LogP contribution in [-0.4, -0.2) is 27.1 Å². The van der Waals surface area contributed by atoms with Crippen LogP contribution in [0.15, 0.2) is 5.16 Å². The summed E-state index contributed by atoms with van der Waals surface area (Å²) in [5.41, 5.74) is 5.44. The van der Waals surface area contributed by atoms with Crippen molar-refractivity contribution in [3.63, 3.8) is 0 Å². The predicted molar refractivity (Wildman–Crippen MR) is 57.4 cm³/mol. The van der Waals surface area contributed by atoms with Crippen LogP contribution < -0.4 is 5.73 Å². The normalized spacial score (nSPS) is 16.1. The van der Waals surface area contributed by atoms with Gasteiger partial charge in [0.25, 0.3) is 0 Å². The van der Waals surface area contributed by atoms with E-state index in [-0.39, 0.29) is 0 Å². The second kappa shape index (κ2) is 4.31. The van der Waals surface area contributed by atoms with Crippen LogP contribution in [0, 0.1) is 0 Å². The van der Waals surface area contributed by atoms with Gasteiger partial charge in [-0.2, -0.15) is 0 Å². The Morgan fingerprint density at radius 3 is 2.93 bits per heavy atom. The number of nitrogens with zero attached hydrogens (tertiary/aromatic N) is 3. The van der Waals surface area contributed by atoms with Crippen molar-refractivity contribution in [3.8, 4) is 0 Å². The van der Waals surface area contributed by atoms with Gasteiger partial charge in [0.2, 0.25) is 0 Å². The number of rotatable bonds is 5. The van der Waals surface area contributed by atoms with Crippen molar-refractivity contribution >= 4 is 11.8 Å². The van der Waals surface area contributed by atoms with Crippen molar-refractivity contribution in [2.75, 3.05) is 12.3 Å². The maximum absolute atomic E-state index is 5.44. The Balaban J connectivity index is 1.96. The fourth-order valence-corrected chi connectivity index (χ4v) is 2.27. The summed E-state index contributed by atoms with van der Waals surface area (Å²) < 4.78 is 2.12. The van der Waals surface area contributed by atoms with Crippen LogP contribution in [0.4, 0.5) is 0 Å². The first-order valence-corrected chi connectivity index (χ1v) is 6.03. The van der Waals surface area contributed by atoms with E-state index in [0.717, 1.165) is 29.7 Å².